The lowest BCUT2D eigenvalue weighted by atomic mass is 10.0. The summed E-state index contributed by atoms with van der Waals surface area (Å²) in [6.07, 6.45) is 2.34. The highest BCUT2D eigenvalue weighted by molar-refractivity contribution is 7.17. The molecular weight excluding hydrogens is 336 g/mol. The van der Waals surface area contributed by atoms with Gasteiger partial charge in [-0.3, -0.25) is 14.2 Å². The highest BCUT2D eigenvalue weighted by Crippen LogP contribution is 2.31. The van der Waals surface area contributed by atoms with Crippen LogP contribution in [0.15, 0.2) is 34.4 Å². The van der Waals surface area contributed by atoms with E-state index >= 15 is 0 Å². The van der Waals surface area contributed by atoms with E-state index in [4.69, 9.17) is 5.11 Å². The zero-order valence-electron chi connectivity index (χ0n) is 14.3. The van der Waals surface area contributed by atoms with Gasteiger partial charge in [-0.25, -0.2) is 4.98 Å². The number of hydrogen-bond donors (Lipinski definition) is 1. The Morgan fingerprint density at radius 3 is 2.56 bits per heavy atom. The maximum Gasteiger partial charge on any atom is 0.323 e. The third-order valence-electron chi connectivity index (χ3n) is 4.21. The van der Waals surface area contributed by atoms with Crippen molar-refractivity contribution in [2.75, 3.05) is 0 Å². The monoisotopic (exact) mass is 356 g/mol. The Hall–Kier alpha value is -2.47. The second-order valence-electron chi connectivity index (χ2n) is 5.94. The zero-order chi connectivity index (χ0) is 18.0. The molecule has 1 N–H and O–H groups in total. The van der Waals surface area contributed by atoms with Gasteiger partial charge in [0, 0.05) is 17.4 Å². The van der Waals surface area contributed by atoms with Gasteiger partial charge < -0.3 is 5.11 Å². The van der Waals surface area contributed by atoms with E-state index in [1.807, 2.05) is 36.6 Å². The van der Waals surface area contributed by atoms with Gasteiger partial charge in [0.05, 0.1) is 5.39 Å². The van der Waals surface area contributed by atoms with Crippen LogP contribution in [0.5, 0.6) is 0 Å². The Labute approximate surface area is 149 Å². The number of carboxylic acid groups (broad SMARTS) is 1. The highest BCUT2D eigenvalue weighted by Gasteiger charge is 2.18. The van der Waals surface area contributed by atoms with E-state index in [2.05, 4.69) is 11.9 Å². The molecule has 0 saturated heterocycles. The number of carboxylic acids is 1. The molecule has 2 aromatic heterocycles. The molecule has 0 bridgehead atoms. The van der Waals surface area contributed by atoms with Crippen molar-refractivity contribution in [3.63, 3.8) is 0 Å². The fourth-order valence-electron chi connectivity index (χ4n) is 2.91. The van der Waals surface area contributed by atoms with E-state index in [9.17, 15) is 9.59 Å². The predicted octanol–water partition coefficient (Wildman–Crippen LogP) is 3.72. The van der Waals surface area contributed by atoms with Gasteiger partial charge in [0.2, 0.25) is 0 Å². The van der Waals surface area contributed by atoms with Gasteiger partial charge in [-0.1, -0.05) is 38.1 Å². The molecule has 130 valence electrons. The summed E-state index contributed by atoms with van der Waals surface area (Å²) in [5.41, 5.74) is 2.73. The average Bonchev–Trinajstić information content (AvgIpc) is 3.02. The number of aromatic nitrogens is 2. The molecule has 25 heavy (non-hydrogen) atoms. The molecule has 5 nitrogen and oxygen atoms in total. The Morgan fingerprint density at radius 1 is 1.24 bits per heavy atom. The van der Waals surface area contributed by atoms with Crippen LogP contribution in [0.3, 0.4) is 0 Å². The average molecular weight is 356 g/mol. The summed E-state index contributed by atoms with van der Waals surface area (Å²) in [5, 5.41) is 11.6. The molecule has 0 unspecified atom stereocenters. The second kappa shape index (κ2) is 7.19. The number of thiophene rings is 1. The molecule has 0 spiro atoms. The second-order valence-corrected chi connectivity index (χ2v) is 6.80. The third-order valence-corrected chi connectivity index (χ3v) is 5.09. The predicted molar refractivity (Wildman–Crippen MR) is 100 cm³/mol. The molecule has 0 amide bonds. The van der Waals surface area contributed by atoms with Crippen molar-refractivity contribution in [2.24, 2.45) is 0 Å². The van der Waals surface area contributed by atoms with E-state index in [1.54, 1.807) is 0 Å². The maximum absolute atomic E-state index is 13.0. The molecule has 0 aliphatic heterocycles. The normalized spacial score (nSPS) is 11.1. The van der Waals surface area contributed by atoms with Crippen LogP contribution in [0.4, 0.5) is 0 Å². The minimum Gasteiger partial charge on any atom is -0.480 e. The molecule has 0 fully saturated rings. The van der Waals surface area contributed by atoms with E-state index in [-0.39, 0.29) is 12.1 Å². The molecule has 3 rings (SSSR count). The maximum atomic E-state index is 13.0. The first kappa shape index (κ1) is 17.4. The van der Waals surface area contributed by atoms with Crippen LogP contribution >= 0.6 is 11.3 Å². The Bertz CT molecular complexity index is 971. The van der Waals surface area contributed by atoms with Gasteiger partial charge in [0.1, 0.15) is 17.2 Å². The standard InChI is InChI=1S/C19H20N2O3S/c1-3-5-15-20-18-17(19(24)21(15)10-16(22)23)14(11-25-18)13-8-6-12(4-2)7-9-13/h6-9,11H,3-5,10H2,1-2H3,(H,22,23). The summed E-state index contributed by atoms with van der Waals surface area (Å²) >= 11 is 1.43. The Morgan fingerprint density at radius 2 is 1.96 bits per heavy atom. The SMILES string of the molecule is CCCc1nc2scc(-c3ccc(CC)cc3)c2c(=O)n1CC(=O)O. The fourth-order valence-corrected chi connectivity index (χ4v) is 3.87. The summed E-state index contributed by atoms with van der Waals surface area (Å²) in [4.78, 5) is 29.4. The van der Waals surface area contributed by atoms with E-state index in [0.29, 0.717) is 22.5 Å². The summed E-state index contributed by atoms with van der Waals surface area (Å²) in [6, 6.07) is 8.10. The van der Waals surface area contributed by atoms with Crippen molar-refractivity contribution in [3.8, 4) is 11.1 Å². The largest absolute Gasteiger partial charge is 0.480 e. The number of carbonyl (C=O) groups is 1. The van der Waals surface area contributed by atoms with Crippen molar-refractivity contribution in [1.82, 2.24) is 9.55 Å². The minimum absolute atomic E-state index is 0.272. The van der Waals surface area contributed by atoms with E-state index in [1.165, 1.54) is 21.5 Å². The number of nitrogens with zero attached hydrogens (tertiary/aromatic N) is 2. The van der Waals surface area contributed by atoms with Crippen LogP contribution in [0, 0.1) is 0 Å². The summed E-state index contributed by atoms with van der Waals surface area (Å²) in [6.45, 7) is 3.72. The number of rotatable bonds is 6. The first-order valence-corrected chi connectivity index (χ1v) is 9.25. The third kappa shape index (κ3) is 3.35. The van der Waals surface area contributed by atoms with Crippen LogP contribution in [-0.4, -0.2) is 20.6 Å². The molecule has 0 saturated carbocycles. The zero-order valence-corrected chi connectivity index (χ0v) is 15.1. The van der Waals surface area contributed by atoms with Gasteiger partial charge in [-0.05, 0) is 24.0 Å². The van der Waals surface area contributed by atoms with Gasteiger partial charge in [-0.2, -0.15) is 0 Å². The van der Waals surface area contributed by atoms with Crippen LogP contribution in [-0.2, 0) is 24.2 Å². The topological polar surface area (TPSA) is 72.2 Å². The van der Waals surface area contributed by atoms with E-state index < -0.39 is 5.97 Å². The fraction of sp³-hybridized carbons (Fsp3) is 0.316. The molecule has 0 radical (unpaired) electrons. The summed E-state index contributed by atoms with van der Waals surface area (Å²) < 4.78 is 1.30. The van der Waals surface area contributed by atoms with Crippen LogP contribution in [0.1, 0.15) is 31.7 Å². The lowest BCUT2D eigenvalue weighted by molar-refractivity contribution is -0.137. The highest BCUT2D eigenvalue weighted by atomic mass is 32.1. The summed E-state index contributed by atoms with van der Waals surface area (Å²) in [5.74, 6) is -0.498. The van der Waals surface area contributed by atoms with Gasteiger partial charge in [0.15, 0.2) is 0 Å². The first-order chi connectivity index (χ1) is 12.0. The molecular formula is C19H20N2O3S. The number of benzene rings is 1. The van der Waals surface area contributed by atoms with E-state index in [0.717, 1.165) is 24.0 Å². The molecule has 3 aromatic rings. The quantitative estimate of drug-likeness (QED) is 0.730. The number of hydrogen-bond acceptors (Lipinski definition) is 4. The minimum atomic E-state index is -1.04. The van der Waals surface area contributed by atoms with Gasteiger partial charge >= 0.3 is 5.97 Å². The van der Waals surface area contributed by atoms with Gasteiger partial charge in [0.25, 0.3) is 5.56 Å². The molecule has 0 aliphatic rings. The summed E-state index contributed by atoms with van der Waals surface area (Å²) in [7, 11) is 0. The number of aliphatic carboxylic acids is 1. The molecule has 0 atom stereocenters. The lowest BCUT2D eigenvalue weighted by Crippen LogP contribution is -2.28. The number of aryl methyl sites for hydroxylation is 2. The van der Waals surface area contributed by atoms with Crippen molar-refractivity contribution in [1.29, 1.82) is 0 Å². The molecule has 1 aromatic carbocycles. The van der Waals surface area contributed by atoms with Crippen LogP contribution < -0.4 is 5.56 Å². The van der Waals surface area contributed by atoms with Crippen molar-refractivity contribution in [3.05, 3.63) is 51.4 Å². The van der Waals surface area contributed by atoms with Crippen LogP contribution in [0.2, 0.25) is 0 Å². The lowest BCUT2D eigenvalue weighted by Gasteiger charge is -2.10. The van der Waals surface area contributed by atoms with Crippen molar-refractivity contribution < 1.29 is 9.90 Å². The molecule has 2 heterocycles. The smallest absolute Gasteiger partial charge is 0.323 e. The van der Waals surface area contributed by atoms with Crippen molar-refractivity contribution in [2.45, 2.75) is 39.7 Å². The number of fused-ring (bicyclic) bond motifs is 1. The molecule has 0 aliphatic carbocycles. The van der Waals surface area contributed by atoms with Crippen LogP contribution in [0.25, 0.3) is 21.3 Å². The Balaban J connectivity index is 2.21. The van der Waals surface area contributed by atoms with Crippen molar-refractivity contribution >= 4 is 27.5 Å². The molecule has 6 heteroatoms. The van der Waals surface area contributed by atoms with Gasteiger partial charge in [-0.15, -0.1) is 11.3 Å². The first-order valence-electron chi connectivity index (χ1n) is 8.37. The Kier molecular flexibility index (Phi) is 4.99.